The zero-order chi connectivity index (χ0) is 13.7. The van der Waals surface area contributed by atoms with Gasteiger partial charge in [-0.25, -0.2) is 0 Å². The van der Waals surface area contributed by atoms with E-state index in [9.17, 15) is 0 Å². The Morgan fingerprint density at radius 3 is 1.88 bits per heavy atom. The standard InChI is InChI=1S/C11H23NS.2C2H6/c1-4-10(3)11-6-8-12(9-7-11)13-5-2;2*1-2/h10-11H,4-9H2,1-3H3;2*1-2H3. The summed E-state index contributed by atoms with van der Waals surface area (Å²) in [5.41, 5.74) is 0. The Hall–Kier alpha value is 0.310. The number of hydrogen-bond donors (Lipinski definition) is 0. The Balaban J connectivity index is 0. The average molecular weight is 262 g/mol. The second kappa shape index (κ2) is 14.4. The van der Waals surface area contributed by atoms with E-state index in [4.69, 9.17) is 0 Å². The van der Waals surface area contributed by atoms with E-state index in [0.29, 0.717) is 0 Å². The van der Waals surface area contributed by atoms with Gasteiger partial charge in [0.1, 0.15) is 0 Å². The quantitative estimate of drug-likeness (QED) is 0.618. The zero-order valence-electron chi connectivity index (χ0n) is 13.3. The predicted molar refractivity (Wildman–Crippen MR) is 84.6 cm³/mol. The van der Waals surface area contributed by atoms with Gasteiger partial charge in [-0.2, -0.15) is 0 Å². The fraction of sp³-hybridized carbons (Fsp3) is 1.00. The van der Waals surface area contributed by atoms with Crippen molar-refractivity contribution in [1.82, 2.24) is 4.31 Å². The van der Waals surface area contributed by atoms with Gasteiger partial charge in [0.2, 0.25) is 0 Å². The molecular weight excluding hydrogens is 226 g/mol. The van der Waals surface area contributed by atoms with E-state index in [-0.39, 0.29) is 0 Å². The molecule has 106 valence electrons. The molecule has 0 aliphatic carbocycles. The summed E-state index contributed by atoms with van der Waals surface area (Å²) in [7, 11) is 0. The Bertz CT molecular complexity index is 131. The molecule has 1 nitrogen and oxygen atoms in total. The highest BCUT2D eigenvalue weighted by molar-refractivity contribution is 7.96. The first-order chi connectivity index (χ1) is 8.27. The molecule has 17 heavy (non-hydrogen) atoms. The van der Waals surface area contributed by atoms with Gasteiger partial charge in [0, 0.05) is 18.8 Å². The van der Waals surface area contributed by atoms with Crippen LogP contribution >= 0.6 is 11.9 Å². The average Bonchev–Trinajstić information content (AvgIpc) is 2.43. The van der Waals surface area contributed by atoms with Crippen molar-refractivity contribution in [2.75, 3.05) is 18.8 Å². The summed E-state index contributed by atoms with van der Waals surface area (Å²) in [4.78, 5) is 0. The molecular formula is C15H35NS. The van der Waals surface area contributed by atoms with Crippen LogP contribution in [0, 0.1) is 11.8 Å². The van der Waals surface area contributed by atoms with Crippen LogP contribution < -0.4 is 0 Å². The lowest BCUT2D eigenvalue weighted by Gasteiger charge is -2.33. The second-order valence-electron chi connectivity index (χ2n) is 4.07. The summed E-state index contributed by atoms with van der Waals surface area (Å²) in [6.45, 7) is 17.6. The van der Waals surface area contributed by atoms with Crippen LogP contribution in [0.5, 0.6) is 0 Å². The summed E-state index contributed by atoms with van der Waals surface area (Å²) in [5.74, 6) is 3.17. The van der Waals surface area contributed by atoms with Gasteiger partial charge >= 0.3 is 0 Å². The molecule has 0 radical (unpaired) electrons. The monoisotopic (exact) mass is 261 g/mol. The van der Waals surface area contributed by atoms with Crippen LogP contribution in [0.4, 0.5) is 0 Å². The van der Waals surface area contributed by atoms with E-state index in [1.165, 1.54) is 38.1 Å². The van der Waals surface area contributed by atoms with E-state index in [1.54, 1.807) is 0 Å². The molecule has 0 aromatic rings. The third-order valence-electron chi connectivity index (χ3n) is 3.26. The minimum absolute atomic E-state index is 0.939. The van der Waals surface area contributed by atoms with Gasteiger partial charge in [-0.15, -0.1) is 0 Å². The maximum atomic E-state index is 2.54. The number of nitrogens with zero attached hydrogens (tertiary/aromatic N) is 1. The fourth-order valence-electron chi connectivity index (χ4n) is 2.09. The Morgan fingerprint density at radius 2 is 1.53 bits per heavy atom. The second-order valence-corrected chi connectivity index (χ2v) is 5.42. The molecule has 0 saturated carbocycles. The summed E-state index contributed by atoms with van der Waals surface area (Å²) >= 11 is 2.01. The first kappa shape index (κ1) is 19.6. The van der Waals surface area contributed by atoms with Crippen molar-refractivity contribution in [3.8, 4) is 0 Å². The third-order valence-corrected chi connectivity index (χ3v) is 4.25. The summed E-state index contributed by atoms with van der Waals surface area (Å²) < 4.78 is 2.54. The fourth-order valence-corrected chi connectivity index (χ4v) is 2.92. The van der Waals surface area contributed by atoms with E-state index in [0.717, 1.165) is 11.8 Å². The molecule has 1 saturated heterocycles. The molecule has 0 spiro atoms. The molecule has 1 rings (SSSR count). The lowest BCUT2D eigenvalue weighted by molar-refractivity contribution is 0.223. The lowest BCUT2D eigenvalue weighted by atomic mass is 9.85. The first-order valence-corrected chi connectivity index (χ1v) is 8.60. The van der Waals surface area contributed by atoms with E-state index < -0.39 is 0 Å². The van der Waals surface area contributed by atoms with Crippen LogP contribution in [0.1, 0.15) is 67.7 Å². The van der Waals surface area contributed by atoms with Gasteiger partial charge in [-0.05, 0) is 24.7 Å². The smallest absolute Gasteiger partial charge is 0.00920 e. The van der Waals surface area contributed by atoms with Gasteiger partial charge in [0.05, 0.1) is 0 Å². The van der Waals surface area contributed by atoms with Crippen LogP contribution in [-0.4, -0.2) is 23.1 Å². The maximum Gasteiger partial charge on any atom is 0.00920 e. The molecule has 0 aromatic heterocycles. The van der Waals surface area contributed by atoms with E-state index in [1.807, 2.05) is 39.6 Å². The van der Waals surface area contributed by atoms with Gasteiger partial charge in [-0.1, -0.05) is 66.8 Å². The highest BCUT2D eigenvalue weighted by Crippen LogP contribution is 2.29. The topological polar surface area (TPSA) is 3.24 Å². The summed E-state index contributed by atoms with van der Waals surface area (Å²) in [6.07, 6.45) is 4.19. The molecule has 0 aromatic carbocycles. The highest BCUT2D eigenvalue weighted by atomic mass is 32.2. The van der Waals surface area contributed by atoms with Crippen molar-refractivity contribution >= 4 is 11.9 Å². The van der Waals surface area contributed by atoms with Crippen molar-refractivity contribution in [3.05, 3.63) is 0 Å². The Kier molecular flexibility index (Phi) is 16.6. The van der Waals surface area contributed by atoms with Crippen molar-refractivity contribution in [2.24, 2.45) is 11.8 Å². The van der Waals surface area contributed by atoms with E-state index >= 15 is 0 Å². The molecule has 0 bridgehead atoms. The molecule has 0 amide bonds. The predicted octanol–water partition coefficient (Wildman–Crippen LogP) is 5.47. The first-order valence-electron chi connectivity index (χ1n) is 7.65. The van der Waals surface area contributed by atoms with Crippen LogP contribution in [-0.2, 0) is 0 Å². The van der Waals surface area contributed by atoms with Gasteiger partial charge in [-0.3, -0.25) is 4.31 Å². The van der Waals surface area contributed by atoms with Crippen LogP contribution in [0.25, 0.3) is 0 Å². The summed E-state index contributed by atoms with van der Waals surface area (Å²) in [6, 6.07) is 0. The molecule has 1 atom stereocenters. The molecule has 1 aliphatic heterocycles. The molecule has 1 aliphatic rings. The molecule has 1 heterocycles. The third kappa shape index (κ3) is 8.96. The van der Waals surface area contributed by atoms with Gasteiger partial charge in [0.25, 0.3) is 0 Å². The zero-order valence-corrected chi connectivity index (χ0v) is 14.1. The number of piperidine rings is 1. The molecule has 1 fully saturated rings. The van der Waals surface area contributed by atoms with Crippen molar-refractivity contribution in [1.29, 1.82) is 0 Å². The summed E-state index contributed by atoms with van der Waals surface area (Å²) in [5, 5.41) is 0. The molecule has 1 unspecified atom stereocenters. The van der Waals surface area contributed by atoms with Crippen LogP contribution in [0.15, 0.2) is 0 Å². The minimum atomic E-state index is 0.939. The van der Waals surface area contributed by atoms with Crippen molar-refractivity contribution in [3.63, 3.8) is 0 Å². The highest BCUT2D eigenvalue weighted by Gasteiger charge is 2.22. The van der Waals surface area contributed by atoms with Gasteiger partial charge < -0.3 is 0 Å². The number of rotatable bonds is 4. The largest absolute Gasteiger partial charge is 0.251 e. The molecule has 0 N–H and O–H groups in total. The van der Waals surface area contributed by atoms with Gasteiger partial charge in [0.15, 0.2) is 0 Å². The SMILES string of the molecule is CC.CC.CCSN1CCC(C(C)CC)CC1. The molecule has 2 heteroatoms. The Morgan fingerprint density at radius 1 is 1.06 bits per heavy atom. The van der Waals surface area contributed by atoms with E-state index in [2.05, 4.69) is 25.1 Å². The van der Waals surface area contributed by atoms with Crippen molar-refractivity contribution in [2.45, 2.75) is 67.7 Å². The van der Waals surface area contributed by atoms with Crippen molar-refractivity contribution < 1.29 is 0 Å². The lowest BCUT2D eigenvalue weighted by Crippen LogP contribution is -2.31. The van der Waals surface area contributed by atoms with Crippen LogP contribution in [0.2, 0.25) is 0 Å². The number of hydrogen-bond acceptors (Lipinski definition) is 2. The minimum Gasteiger partial charge on any atom is -0.251 e. The maximum absolute atomic E-state index is 2.54. The normalized spacial score (nSPS) is 18.5. The van der Waals surface area contributed by atoms with Crippen LogP contribution in [0.3, 0.4) is 0 Å². The Labute approximate surface area is 115 Å².